The predicted octanol–water partition coefficient (Wildman–Crippen LogP) is 6.03. The van der Waals surface area contributed by atoms with Gasteiger partial charge in [0.25, 0.3) is 0 Å². The fourth-order valence-electron chi connectivity index (χ4n) is 4.53. The second kappa shape index (κ2) is 11.2. The van der Waals surface area contributed by atoms with Crippen LogP contribution < -0.4 is 16.4 Å². The Morgan fingerprint density at radius 3 is 2.27 bits per heavy atom. The SMILES string of the molecule is CC(C)(C)N1C[C@H](C(=O)Nc2ccc(Cl)cc2)[C@@H](c2ccc(/C=C/C(=O)Nc3ccccc3N)cc2)C1. The molecule has 0 aromatic heterocycles. The summed E-state index contributed by atoms with van der Waals surface area (Å²) in [7, 11) is 0. The molecule has 1 saturated heterocycles. The number of hydrogen-bond donors (Lipinski definition) is 3. The maximum Gasteiger partial charge on any atom is 0.248 e. The summed E-state index contributed by atoms with van der Waals surface area (Å²) in [6, 6.07) is 22.4. The number of carbonyl (C=O) groups excluding carboxylic acids is 2. The molecule has 1 fully saturated rings. The molecule has 0 radical (unpaired) electrons. The third-order valence-electron chi connectivity index (χ3n) is 6.73. The van der Waals surface area contributed by atoms with Crippen LogP contribution in [-0.2, 0) is 9.59 Å². The molecule has 0 aliphatic carbocycles. The highest BCUT2D eigenvalue weighted by Crippen LogP contribution is 2.37. The van der Waals surface area contributed by atoms with Crippen molar-refractivity contribution in [2.75, 3.05) is 29.5 Å². The molecule has 0 unspecified atom stereocenters. The summed E-state index contributed by atoms with van der Waals surface area (Å²) in [6.07, 6.45) is 3.25. The number of nitrogen functional groups attached to an aromatic ring is 1. The summed E-state index contributed by atoms with van der Waals surface area (Å²) in [5.74, 6) is -0.398. The van der Waals surface area contributed by atoms with Gasteiger partial charge in [-0.2, -0.15) is 0 Å². The number of rotatable bonds is 6. The lowest BCUT2D eigenvalue weighted by atomic mass is 9.88. The van der Waals surface area contributed by atoms with Gasteiger partial charge in [-0.05, 0) is 74.4 Å². The minimum absolute atomic E-state index is 0.0000918. The average Bonchev–Trinajstić information content (AvgIpc) is 3.32. The summed E-state index contributed by atoms with van der Waals surface area (Å²) in [5.41, 5.74) is 9.68. The van der Waals surface area contributed by atoms with Crippen LogP contribution in [0, 0.1) is 5.92 Å². The highest BCUT2D eigenvalue weighted by Gasteiger charge is 2.42. The number of halogens is 1. The molecule has 3 aromatic carbocycles. The molecular weight excluding hydrogens is 484 g/mol. The van der Waals surface area contributed by atoms with E-state index in [9.17, 15) is 9.59 Å². The highest BCUT2D eigenvalue weighted by molar-refractivity contribution is 6.30. The second-order valence-corrected chi connectivity index (χ2v) is 10.8. The molecule has 1 aliphatic heterocycles. The fraction of sp³-hybridized carbons (Fsp3) is 0.267. The summed E-state index contributed by atoms with van der Waals surface area (Å²) in [4.78, 5) is 28.0. The molecule has 0 bridgehead atoms. The first-order valence-corrected chi connectivity index (χ1v) is 12.7. The average molecular weight is 517 g/mol. The van der Waals surface area contributed by atoms with Gasteiger partial charge in [0, 0.05) is 41.3 Å². The largest absolute Gasteiger partial charge is 0.397 e. The zero-order valence-corrected chi connectivity index (χ0v) is 22.1. The number of nitrogens with zero attached hydrogens (tertiary/aromatic N) is 1. The Labute approximate surface area is 223 Å². The Morgan fingerprint density at radius 2 is 1.62 bits per heavy atom. The molecule has 3 aromatic rings. The number of para-hydroxylation sites is 2. The van der Waals surface area contributed by atoms with E-state index in [1.807, 2.05) is 48.5 Å². The lowest BCUT2D eigenvalue weighted by Crippen LogP contribution is -2.40. The van der Waals surface area contributed by atoms with Crippen LogP contribution in [-0.4, -0.2) is 35.3 Å². The summed E-state index contributed by atoms with van der Waals surface area (Å²) in [6.45, 7) is 7.99. The number of benzene rings is 3. The molecule has 6 nitrogen and oxygen atoms in total. The minimum atomic E-state index is -0.252. The van der Waals surface area contributed by atoms with E-state index in [0.29, 0.717) is 22.9 Å². The lowest BCUT2D eigenvalue weighted by Gasteiger charge is -2.31. The maximum absolute atomic E-state index is 13.3. The third-order valence-corrected chi connectivity index (χ3v) is 6.98. The van der Waals surface area contributed by atoms with Gasteiger partial charge in [-0.3, -0.25) is 14.5 Å². The Kier molecular flexibility index (Phi) is 8.00. The van der Waals surface area contributed by atoms with Gasteiger partial charge < -0.3 is 16.4 Å². The first-order valence-electron chi connectivity index (χ1n) is 12.3. The molecule has 0 saturated carbocycles. The molecule has 37 heavy (non-hydrogen) atoms. The Bertz CT molecular complexity index is 1280. The van der Waals surface area contributed by atoms with Gasteiger partial charge in [-0.1, -0.05) is 48.0 Å². The second-order valence-electron chi connectivity index (χ2n) is 10.4. The van der Waals surface area contributed by atoms with Crippen molar-refractivity contribution in [3.8, 4) is 0 Å². The van der Waals surface area contributed by atoms with Crippen molar-refractivity contribution in [3.63, 3.8) is 0 Å². The summed E-state index contributed by atoms with van der Waals surface area (Å²) < 4.78 is 0. The Morgan fingerprint density at radius 1 is 0.946 bits per heavy atom. The molecule has 192 valence electrons. The monoisotopic (exact) mass is 516 g/mol. The zero-order valence-electron chi connectivity index (χ0n) is 21.4. The van der Waals surface area contributed by atoms with Crippen molar-refractivity contribution < 1.29 is 9.59 Å². The van der Waals surface area contributed by atoms with E-state index < -0.39 is 0 Å². The number of nitrogens with two attached hydrogens (primary N) is 1. The standard InChI is InChI=1S/C30H33ClN4O2/c1-30(2,3)35-18-24(25(19-35)29(37)33-23-15-13-22(31)14-16-23)21-11-8-20(9-12-21)10-17-28(36)34-27-7-5-4-6-26(27)32/h4-17,24-25H,18-19,32H2,1-3H3,(H,33,37)(H,34,36)/b17-10+/t24-,25+/m1/s1. The van der Waals surface area contributed by atoms with E-state index in [-0.39, 0.29) is 29.2 Å². The molecule has 4 rings (SSSR count). The molecule has 4 N–H and O–H groups in total. The van der Waals surface area contributed by atoms with Crippen molar-refractivity contribution in [2.45, 2.75) is 32.2 Å². The van der Waals surface area contributed by atoms with E-state index in [1.54, 1.807) is 30.3 Å². The van der Waals surface area contributed by atoms with Gasteiger partial charge in [0.05, 0.1) is 17.3 Å². The topological polar surface area (TPSA) is 87.5 Å². The van der Waals surface area contributed by atoms with Gasteiger partial charge >= 0.3 is 0 Å². The normalized spacial score (nSPS) is 18.2. The van der Waals surface area contributed by atoms with Gasteiger partial charge in [-0.15, -0.1) is 0 Å². The minimum Gasteiger partial charge on any atom is -0.397 e. The van der Waals surface area contributed by atoms with Crippen molar-refractivity contribution in [1.82, 2.24) is 4.90 Å². The number of likely N-dealkylation sites (tertiary alicyclic amines) is 1. The number of amides is 2. The van der Waals surface area contributed by atoms with Crippen LogP contribution in [0.1, 0.15) is 37.8 Å². The quantitative estimate of drug-likeness (QED) is 0.276. The van der Waals surface area contributed by atoms with Gasteiger partial charge in [-0.25, -0.2) is 0 Å². The van der Waals surface area contributed by atoms with Gasteiger partial charge in [0.2, 0.25) is 11.8 Å². The molecule has 7 heteroatoms. The van der Waals surface area contributed by atoms with Crippen LogP contribution in [0.2, 0.25) is 5.02 Å². The highest BCUT2D eigenvalue weighted by atomic mass is 35.5. The van der Waals surface area contributed by atoms with E-state index >= 15 is 0 Å². The lowest BCUT2D eigenvalue weighted by molar-refractivity contribution is -0.120. The smallest absolute Gasteiger partial charge is 0.248 e. The molecule has 2 amide bonds. The van der Waals surface area contributed by atoms with Gasteiger partial charge in [0.1, 0.15) is 0 Å². The van der Waals surface area contributed by atoms with Crippen molar-refractivity contribution >= 4 is 46.6 Å². The van der Waals surface area contributed by atoms with E-state index in [2.05, 4.69) is 36.3 Å². The van der Waals surface area contributed by atoms with Crippen molar-refractivity contribution in [2.24, 2.45) is 5.92 Å². The Hall–Kier alpha value is -3.61. The molecule has 1 heterocycles. The number of hydrogen-bond acceptors (Lipinski definition) is 4. The van der Waals surface area contributed by atoms with Crippen LogP contribution >= 0.6 is 11.6 Å². The predicted molar refractivity (Wildman–Crippen MR) is 153 cm³/mol. The van der Waals surface area contributed by atoms with Crippen molar-refractivity contribution in [1.29, 1.82) is 0 Å². The van der Waals surface area contributed by atoms with E-state index in [1.165, 1.54) is 6.08 Å². The Balaban J connectivity index is 1.47. The molecule has 2 atom stereocenters. The summed E-state index contributed by atoms with van der Waals surface area (Å²) >= 11 is 5.99. The first-order chi connectivity index (χ1) is 17.6. The van der Waals surface area contributed by atoms with Crippen LogP contribution in [0.3, 0.4) is 0 Å². The van der Waals surface area contributed by atoms with Crippen LogP contribution in [0.15, 0.2) is 78.9 Å². The van der Waals surface area contributed by atoms with Crippen LogP contribution in [0.4, 0.5) is 17.1 Å². The maximum atomic E-state index is 13.3. The molecular formula is C30H33ClN4O2. The van der Waals surface area contributed by atoms with Crippen molar-refractivity contribution in [3.05, 3.63) is 95.0 Å². The molecule has 1 aliphatic rings. The third kappa shape index (κ3) is 6.79. The number of carbonyl (C=O) groups is 2. The fourth-order valence-corrected chi connectivity index (χ4v) is 4.66. The molecule has 0 spiro atoms. The van der Waals surface area contributed by atoms with Gasteiger partial charge in [0.15, 0.2) is 0 Å². The van der Waals surface area contributed by atoms with Crippen LogP contribution in [0.25, 0.3) is 6.08 Å². The van der Waals surface area contributed by atoms with E-state index in [0.717, 1.165) is 23.4 Å². The van der Waals surface area contributed by atoms with Crippen LogP contribution in [0.5, 0.6) is 0 Å². The zero-order chi connectivity index (χ0) is 26.6. The summed E-state index contributed by atoms with van der Waals surface area (Å²) in [5, 5.41) is 6.48. The number of anilines is 3. The first kappa shape index (κ1) is 26.5. The van der Waals surface area contributed by atoms with E-state index in [4.69, 9.17) is 17.3 Å². The number of nitrogens with one attached hydrogen (secondary N) is 2.